The van der Waals surface area contributed by atoms with Crippen LogP contribution in [0.15, 0.2) is 42.6 Å². The van der Waals surface area contributed by atoms with Gasteiger partial charge in [-0.25, -0.2) is 9.50 Å². The van der Waals surface area contributed by atoms with Gasteiger partial charge in [-0.15, -0.1) is 0 Å². The van der Waals surface area contributed by atoms with Crippen LogP contribution < -0.4 is 9.64 Å². The molecule has 0 aliphatic carbocycles. The number of imidazole rings is 1. The molecule has 0 bridgehead atoms. The molecule has 1 amide bonds. The zero-order valence-electron chi connectivity index (χ0n) is 14.9. The molecular formula is C19H21N5O2. The Morgan fingerprint density at radius 3 is 2.62 bits per heavy atom. The van der Waals surface area contributed by atoms with Crippen molar-refractivity contribution in [1.29, 1.82) is 0 Å². The van der Waals surface area contributed by atoms with Crippen molar-refractivity contribution in [2.24, 2.45) is 0 Å². The largest absolute Gasteiger partial charge is 0.495 e. The number of ether oxygens (including phenoxy) is 1. The van der Waals surface area contributed by atoms with Crippen LogP contribution in [0.2, 0.25) is 0 Å². The van der Waals surface area contributed by atoms with Crippen molar-refractivity contribution in [3.05, 3.63) is 54.0 Å². The number of carbonyl (C=O) groups excluding carboxylic acids is 1. The van der Waals surface area contributed by atoms with Gasteiger partial charge < -0.3 is 14.5 Å². The Balaban J connectivity index is 1.47. The molecule has 3 heterocycles. The fraction of sp³-hybridized carbons (Fsp3) is 0.316. The van der Waals surface area contributed by atoms with Gasteiger partial charge in [0.25, 0.3) is 5.91 Å². The van der Waals surface area contributed by atoms with Crippen LogP contribution in [-0.2, 0) is 0 Å². The minimum absolute atomic E-state index is 0.0436. The molecule has 0 atom stereocenters. The molecule has 1 aromatic carbocycles. The number of para-hydroxylation sites is 2. The van der Waals surface area contributed by atoms with Gasteiger partial charge in [-0.1, -0.05) is 12.1 Å². The normalized spacial score (nSPS) is 14.7. The van der Waals surface area contributed by atoms with Crippen molar-refractivity contribution in [1.82, 2.24) is 19.5 Å². The summed E-state index contributed by atoms with van der Waals surface area (Å²) in [7, 11) is 1.68. The molecule has 7 nitrogen and oxygen atoms in total. The molecule has 0 saturated carbocycles. The molecular weight excluding hydrogens is 330 g/mol. The summed E-state index contributed by atoms with van der Waals surface area (Å²) >= 11 is 0. The number of fused-ring (bicyclic) bond motifs is 1. The maximum absolute atomic E-state index is 12.8. The summed E-state index contributed by atoms with van der Waals surface area (Å²) in [6, 6.07) is 11.5. The molecule has 2 aromatic heterocycles. The lowest BCUT2D eigenvalue weighted by atomic mass is 10.2. The number of aryl methyl sites for hydroxylation is 1. The molecule has 0 N–H and O–H groups in total. The summed E-state index contributed by atoms with van der Waals surface area (Å²) in [5, 5.41) is 4.41. The minimum Gasteiger partial charge on any atom is -0.495 e. The average molecular weight is 351 g/mol. The van der Waals surface area contributed by atoms with E-state index in [1.54, 1.807) is 17.7 Å². The molecule has 1 aliphatic heterocycles. The van der Waals surface area contributed by atoms with E-state index in [0.29, 0.717) is 18.8 Å². The van der Waals surface area contributed by atoms with E-state index in [1.807, 2.05) is 48.4 Å². The number of amides is 1. The lowest BCUT2D eigenvalue weighted by Gasteiger charge is -2.36. The Hall–Kier alpha value is -3.09. The van der Waals surface area contributed by atoms with E-state index in [0.717, 1.165) is 35.9 Å². The highest BCUT2D eigenvalue weighted by atomic mass is 16.5. The number of piperazine rings is 1. The number of rotatable bonds is 3. The first-order valence-corrected chi connectivity index (χ1v) is 8.66. The van der Waals surface area contributed by atoms with Gasteiger partial charge in [0.1, 0.15) is 11.4 Å². The quantitative estimate of drug-likeness (QED) is 0.722. The highest BCUT2D eigenvalue weighted by molar-refractivity contribution is 5.92. The number of carbonyl (C=O) groups is 1. The molecule has 1 fully saturated rings. The number of anilines is 1. The molecule has 0 unspecified atom stereocenters. The second-order valence-electron chi connectivity index (χ2n) is 6.35. The SMILES string of the molecule is COc1ccccc1N1CCN(C(=O)c2ccc3nc(C)cn3n2)CC1. The minimum atomic E-state index is -0.0436. The summed E-state index contributed by atoms with van der Waals surface area (Å²) in [6.07, 6.45) is 1.83. The highest BCUT2D eigenvalue weighted by Crippen LogP contribution is 2.28. The van der Waals surface area contributed by atoms with Crippen molar-refractivity contribution in [2.75, 3.05) is 38.2 Å². The third-order valence-electron chi connectivity index (χ3n) is 4.65. The van der Waals surface area contributed by atoms with Gasteiger partial charge in [-0.2, -0.15) is 5.10 Å². The van der Waals surface area contributed by atoms with Crippen LogP contribution in [0.4, 0.5) is 5.69 Å². The third-order valence-corrected chi connectivity index (χ3v) is 4.65. The summed E-state index contributed by atoms with van der Waals surface area (Å²) in [5.74, 6) is 0.813. The lowest BCUT2D eigenvalue weighted by Crippen LogP contribution is -2.49. The van der Waals surface area contributed by atoms with Gasteiger partial charge in [-0.05, 0) is 31.2 Å². The Morgan fingerprint density at radius 2 is 1.85 bits per heavy atom. The molecule has 4 rings (SSSR count). The first-order valence-electron chi connectivity index (χ1n) is 8.66. The van der Waals surface area contributed by atoms with Crippen LogP contribution in [-0.4, -0.2) is 58.7 Å². The number of methoxy groups -OCH3 is 1. The average Bonchev–Trinajstić information content (AvgIpc) is 3.06. The van der Waals surface area contributed by atoms with Crippen molar-refractivity contribution in [2.45, 2.75) is 6.92 Å². The smallest absolute Gasteiger partial charge is 0.274 e. The molecule has 134 valence electrons. The van der Waals surface area contributed by atoms with Gasteiger partial charge >= 0.3 is 0 Å². The molecule has 7 heteroatoms. The number of benzene rings is 1. The fourth-order valence-electron chi connectivity index (χ4n) is 3.32. The van der Waals surface area contributed by atoms with E-state index in [-0.39, 0.29) is 5.91 Å². The number of nitrogens with zero attached hydrogens (tertiary/aromatic N) is 5. The summed E-state index contributed by atoms with van der Waals surface area (Å²) in [4.78, 5) is 21.2. The van der Waals surface area contributed by atoms with Gasteiger partial charge in [0.05, 0.1) is 24.7 Å². The summed E-state index contributed by atoms with van der Waals surface area (Å²) in [5.41, 5.74) is 3.14. The molecule has 0 spiro atoms. The van der Waals surface area contributed by atoms with Gasteiger partial charge in [0.15, 0.2) is 5.65 Å². The molecule has 1 saturated heterocycles. The number of hydrogen-bond donors (Lipinski definition) is 0. The van der Waals surface area contributed by atoms with Gasteiger partial charge in [-0.3, -0.25) is 4.79 Å². The van der Waals surface area contributed by atoms with Gasteiger partial charge in [0.2, 0.25) is 0 Å². The molecule has 26 heavy (non-hydrogen) atoms. The third kappa shape index (κ3) is 2.96. The van der Waals surface area contributed by atoms with Crippen molar-refractivity contribution in [3.8, 4) is 5.75 Å². The van der Waals surface area contributed by atoms with Gasteiger partial charge in [0, 0.05) is 26.2 Å². The zero-order chi connectivity index (χ0) is 18.1. The van der Waals surface area contributed by atoms with Crippen LogP contribution in [0.1, 0.15) is 16.2 Å². The van der Waals surface area contributed by atoms with Crippen molar-refractivity contribution < 1.29 is 9.53 Å². The second-order valence-corrected chi connectivity index (χ2v) is 6.35. The van der Waals surface area contributed by atoms with Crippen molar-refractivity contribution >= 4 is 17.2 Å². The second kappa shape index (κ2) is 6.67. The predicted octanol–water partition coefficient (Wildman–Crippen LogP) is 2.01. The maximum Gasteiger partial charge on any atom is 0.274 e. The highest BCUT2D eigenvalue weighted by Gasteiger charge is 2.24. The molecule has 1 aliphatic rings. The van der Waals surface area contributed by atoms with E-state index < -0.39 is 0 Å². The summed E-state index contributed by atoms with van der Waals surface area (Å²) in [6.45, 7) is 4.74. The van der Waals surface area contributed by atoms with E-state index in [1.165, 1.54) is 0 Å². The van der Waals surface area contributed by atoms with Crippen LogP contribution in [0.3, 0.4) is 0 Å². The van der Waals surface area contributed by atoms with Crippen molar-refractivity contribution in [3.63, 3.8) is 0 Å². The van der Waals surface area contributed by atoms with Crippen LogP contribution in [0.25, 0.3) is 5.65 Å². The summed E-state index contributed by atoms with van der Waals surface area (Å²) < 4.78 is 7.10. The lowest BCUT2D eigenvalue weighted by molar-refractivity contribution is 0.0739. The predicted molar refractivity (Wildman–Crippen MR) is 98.8 cm³/mol. The van der Waals surface area contributed by atoms with Crippen LogP contribution in [0.5, 0.6) is 5.75 Å². The molecule has 3 aromatic rings. The zero-order valence-corrected chi connectivity index (χ0v) is 14.9. The number of hydrogen-bond acceptors (Lipinski definition) is 5. The van der Waals surface area contributed by atoms with E-state index >= 15 is 0 Å². The first kappa shape index (κ1) is 16.4. The topological polar surface area (TPSA) is 63.0 Å². The monoisotopic (exact) mass is 351 g/mol. The first-order chi connectivity index (χ1) is 12.7. The van der Waals surface area contributed by atoms with E-state index in [4.69, 9.17) is 4.74 Å². The van der Waals surface area contributed by atoms with E-state index in [2.05, 4.69) is 15.0 Å². The van der Waals surface area contributed by atoms with Crippen LogP contribution in [0, 0.1) is 6.92 Å². The Morgan fingerprint density at radius 1 is 1.08 bits per heavy atom. The maximum atomic E-state index is 12.8. The molecule has 0 radical (unpaired) electrons. The van der Waals surface area contributed by atoms with E-state index in [9.17, 15) is 4.79 Å². The standard InChI is InChI=1S/C19H21N5O2/c1-14-13-24-18(20-14)8-7-15(21-24)19(25)23-11-9-22(10-12-23)16-5-3-4-6-17(16)26-2/h3-8,13H,9-12H2,1-2H3. The number of aromatic nitrogens is 3. The Bertz CT molecular complexity index is 944. The Labute approximate surface area is 151 Å². The van der Waals surface area contributed by atoms with Crippen LogP contribution >= 0.6 is 0 Å². The fourth-order valence-corrected chi connectivity index (χ4v) is 3.32. The Kier molecular flexibility index (Phi) is 4.20.